The van der Waals surface area contributed by atoms with Gasteiger partial charge in [0.1, 0.15) is 6.04 Å². The van der Waals surface area contributed by atoms with Crippen molar-refractivity contribution in [3.05, 3.63) is 59.7 Å². The van der Waals surface area contributed by atoms with E-state index < -0.39 is 34.2 Å². The molecule has 1 heterocycles. The maximum Gasteiger partial charge on any atom is 0.252 e. The van der Waals surface area contributed by atoms with Crippen LogP contribution in [0, 0.1) is 13.8 Å². The lowest BCUT2D eigenvalue weighted by Gasteiger charge is -2.29. The number of imide groups is 1. The Bertz CT molecular complexity index is 1050. The molecule has 0 aliphatic carbocycles. The lowest BCUT2D eigenvalue weighted by molar-refractivity contribution is -0.125. The Morgan fingerprint density at radius 3 is 2.00 bits per heavy atom. The van der Waals surface area contributed by atoms with Gasteiger partial charge in [0.15, 0.2) is 6.29 Å². The average Bonchev–Trinajstić information content (AvgIpc) is 3.03. The second kappa shape index (κ2) is 9.27. The standard InChI is InChI=1S/C22H26N2O6S/c1-15-5-9-17(10-6-15)24-20(25)13-19(22(24)26)23(14-21(29-3)30-4)31(27,28)18-11-7-16(2)8-12-18/h5-12,19,21H,13-14H2,1-4H3. The smallest absolute Gasteiger partial charge is 0.252 e. The number of benzene rings is 2. The number of carbonyl (C=O) groups is 2. The summed E-state index contributed by atoms with van der Waals surface area (Å²) in [7, 11) is -1.35. The SMILES string of the molecule is COC(CN(C1CC(=O)N(c2ccc(C)cc2)C1=O)S(=O)(=O)c1ccc(C)cc1)OC. The highest BCUT2D eigenvalue weighted by Crippen LogP contribution is 2.30. The van der Waals surface area contributed by atoms with Crippen molar-refractivity contribution in [3.63, 3.8) is 0 Å². The molecule has 0 N–H and O–H groups in total. The molecule has 1 aliphatic heterocycles. The largest absolute Gasteiger partial charge is 0.354 e. The maximum absolute atomic E-state index is 13.5. The van der Waals surface area contributed by atoms with Gasteiger partial charge in [-0.05, 0) is 38.1 Å². The molecule has 2 aromatic rings. The van der Waals surface area contributed by atoms with Gasteiger partial charge in [-0.25, -0.2) is 13.3 Å². The number of ether oxygens (including phenoxy) is 2. The van der Waals surface area contributed by atoms with E-state index >= 15 is 0 Å². The summed E-state index contributed by atoms with van der Waals surface area (Å²) in [4.78, 5) is 27.1. The molecule has 0 bridgehead atoms. The fraction of sp³-hybridized carbons (Fsp3) is 0.364. The van der Waals surface area contributed by atoms with Gasteiger partial charge < -0.3 is 9.47 Å². The molecule has 0 aromatic heterocycles. The fourth-order valence-electron chi connectivity index (χ4n) is 3.44. The van der Waals surface area contributed by atoms with Crippen molar-refractivity contribution >= 4 is 27.5 Å². The first kappa shape index (κ1) is 23.1. The minimum Gasteiger partial charge on any atom is -0.354 e. The number of anilines is 1. The molecule has 1 unspecified atom stereocenters. The molecule has 0 saturated carbocycles. The molecule has 1 saturated heterocycles. The normalized spacial score (nSPS) is 17.2. The molecule has 2 aromatic carbocycles. The summed E-state index contributed by atoms with van der Waals surface area (Å²) in [5, 5.41) is 0. The van der Waals surface area contributed by atoms with Gasteiger partial charge in [0.25, 0.3) is 5.91 Å². The van der Waals surface area contributed by atoms with Crippen molar-refractivity contribution in [2.24, 2.45) is 0 Å². The molecule has 31 heavy (non-hydrogen) atoms. The molecular formula is C22H26N2O6S. The van der Waals surface area contributed by atoms with Crippen molar-refractivity contribution in [2.45, 2.75) is 37.5 Å². The van der Waals surface area contributed by atoms with E-state index in [1.165, 1.54) is 26.4 Å². The minimum absolute atomic E-state index is 0.0260. The predicted octanol–water partition coefficient (Wildman–Crippen LogP) is 2.25. The highest BCUT2D eigenvalue weighted by Gasteiger charge is 2.47. The van der Waals surface area contributed by atoms with Gasteiger partial charge in [0, 0.05) is 14.2 Å². The van der Waals surface area contributed by atoms with Crippen LogP contribution in [0.2, 0.25) is 0 Å². The number of sulfonamides is 1. The van der Waals surface area contributed by atoms with E-state index in [-0.39, 0.29) is 17.9 Å². The summed E-state index contributed by atoms with van der Waals surface area (Å²) in [6.45, 7) is 3.50. The zero-order valence-corrected chi connectivity index (χ0v) is 18.8. The highest BCUT2D eigenvalue weighted by molar-refractivity contribution is 7.89. The summed E-state index contributed by atoms with van der Waals surface area (Å²) in [6.07, 6.45) is -1.17. The first-order chi connectivity index (χ1) is 14.7. The van der Waals surface area contributed by atoms with E-state index in [1.807, 2.05) is 13.8 Å². The van der Waals surface area contributed by atoms with Crippen molar-refractivity contribution < 1.29 is 27.5 Å². The van der Waals surface area contributed by atoms with Crippen LogP contribution < -0.4 is 4.90 Å². The summed E-state index contributed by atoms with van der Waals surface area (Å²) in [5.74, 6) is -1.06. The molecule has 1 atom stereocenters. The number of nitrogens with zero attached hydrogens (tertiary/aromatic N) is 2. The summed E-state index contributed by atoms with van der Waals surface area (Å²) in [5.41, 5.74) is 2.28. The van der Waals surface area contributed by atoms with Crippen molar-refractivity contribution in [1.82, 2.24) is 4.31 Å². The molecule has 0 spiro atoms. The van der Waals surface area contributed by atoms with E-state index in [9.17, 15) is 18.0 Å². The van der Waals surface area contributed by atoms with Crippen molar-refractivity contribution in [3.8, 4) is 0 Å². The van der Waals surface area contributed by atoms with Gasteiger partial charge in [0.2, 0.25) is 15.9 Å². The van der Waals surface area contributed by atoms with Crippen LogP contribution >= 0.6 is 0 Å². The Labute approximate surface area is 182 Å². The minimum atomic E-state index is -4.11. The Hall–Kier alpha value is -2.59. The third kappa shape index (κ3) is 4.69. The quantitative estimate of drug-likeness (QED) is 0.456. The van der Waals surface area contributed by atoms with Crippen LogP contribution in [0.5, 0.6) is 0 Å². The van der Waals surface area contributed by atoms with Gasteiger partial charge in [-0.15, -0.1) is 0 Å². The Morgan fingerprint density at radius 2 is 1.48 bits per heavy atom. The van der Waals surface area contributed by atoms with Crippen LogP contribution in [0.15, 0.2) is 53.4 Å². The van der Waals surface area contributed by atoms with E-state index in [1.54, 1.807) is 36.4 Å². The average molecular weight is 447 g/mol. The van der Waals surface area contributed by atoms with Crippen LogP contribution in [0.1, 0.15) is 17.5 Å². The number of rotatable bonds is 8. The third-order valence-electron chi connectivity index (χ3n) is 5.24. The Kier molecular flexibility index (Phi) is 6.90. The first-order valence-corrected chi connectivity index (χ1v) is 11.2. The number of aryl methyl sites for hydroxylation is 2. The van der Waals surface area contributed by atoms with Gasteiger partial charge in [-0.1, -0.05) is 35.4 Å². The second-order valence-electron chi connectivity index (χ2n) is 7.41. The van der Waals surface area contributed by atoms with Crippen LogP contribution in [-0.2, 0) is 29.1 Å². The van der Waals surface area contributed by atoms with Gasteiger partial charge in [0.05, 0.1) is 23.5 Å². The Morgan fingerprint density at radius 1 is 0.968 bits per heavy atom. The molecule has 1 aliphatic rings. The first-order valence-electron chi connectivity index (χ1n) is 9.76. The monoisotopic (exact) mass is 446 g/mol. The summed E-state index contributed by atoms with van der Waals surface area (Å²) in [6, 6.07) is 12.0. The van der Waals surface area contributed by atoms with E-state index in [2.05, 4.69) is 0 Å². The van der Waals surface area contributed by atoms with E-state index in [0.29, 0.717) is 5.69 Å². The molecular weight excluding hydrogens is 420 g/mol. The lowest BCUT2D eigenvalue weighted by atomic mass is 10.2. The van der Waals surface area contributed by atoms with Crippen LogP contribution in [0.25, 0.3) is 0 Å². The summed E-state index contributed by atoms with van der Waals surface area (Å²) >= 11 is 0. The highest BCUT2D eigenvalue weighted by atomic mass is 32.2. The summed E-state index contributed by atoms with van der Waals surface area (Å²) < 4.78 is 38.3. The zero-order valence-electron chi connectivity index (χ0n) is 17.9. The number of amides is 2. The number of hydrogen-bond acceptors (Lipinski definition) is 6. The third-order valence-corrected chi connectivity index (χ3v) is 7.13. The molecule has 9 heteroatoms. The predicted molar refractivity (Wildman–Crippen MR) is 115 cm³/mol. The van der Waals surface area contributed by atoms with Crippen molar-refractivity contribution in [1.29, 1.82) is 0 Å². The number of hydrogen-bond donors (Lipinski definition) is 0. The molecule has 3 rings (SSSR count). The number of carbonyl (C=O) groups excluding carboxylic acids is 2. The molecule has 8 nitrogen and oxygen atoms in total. The fourth-order valence-corrected chi connectivity index (χ4v) is 5.01. The van der Waals surface area contributed by atoms with Crippen LogP contribution in [0.3, 0.4) is 0 Å². The zero-order chi connectivity index (χ0) is 22.8. The van der Waals surface area contributed by atoms with Gasteiger partial charge in [-0.3, -0.25) is 9.59 Å². The number of methoxy groups -OCH3 is 2. The second-order valence-corrected chi connectivity index (χ2v) is 9.30. The van der Waals surface area contributed by atoms with Crippen LogP contribution in [0.4, 0.5) is 5.69 Å². The lowest BCUT2D eigenvalue weighted by Crippen LogP contribution is -2.49. The van der Waals surface area contributed by atoms with Gasteiger partial charge >= 0.3 is 0 Å². The van der Waals surface area contributed by atoms with E-state index in [0.717, 1.165) is 20.3 Å². The van der Waals surface area contributed by atoms with Gasteiger partial charge in [-0.2, -0.15) is 4.31 Å². The van der Waals surface area contributed by atoms with Crippen LogP contribution in [-0.4, -0.2) is 57.6 Å². The molecule has 0 radical (unpaired) electrons. The van der Waals surface area contributed by atoms with Crippen molar-refractivity contribution in [2.75, 3.05) is 25.7 Å². The molecule has 2 amide bonds. The van der Waals surface area contributed by atoms with E-state index in [4.69, 9.17) is 9.47 Å². The molecule has 1 fully saturated rings. The molecule has 166 valence electrons. The maximum atomic E-state index is 13.5. The topological polar surface area (TPSA) is 93.2 Å². The Balaban J connectivity index is 2.01.